The second-order valence-corrected chi connectivity index (χ2v) is 6.55. The van der Waals surface area contributed by atoms with Gasteiger partial charge in [-0.15, -0.1) is 0 Å². The maximum atomic E-state index is 12.4. The van der Waals surface area contributed by atoms with Gasteiger partial charge in [0.1, 0.15) is 0 Å². The summed E-state index contributed by atoms with van der Waals surface area (Å²) in [5, 5.41) is 3.02. The third-order valence-corrected chi connectivity index (χ3v) is 4.93. The van der Waals surface area contributed by atoms with E-state index < -0.39 is 0 Å². The van der Waals surface area contributed by atoms with E-state index in [1.165, 1.54) is 5.56 Å². The van der Waals surface area contributed by atoms with Gasteiger partial charge in [-0.05, 0) is 68.1 Å². The number of hydrogen-bond donors (Lipinski definition) is 1. The second kappa shape index (κ2) is 6.16. The Morgan fingerprint density at radius 1 is 1.12 bits per heavy atom. The molecule has 0 spiro atoms. The maximum absolute atomic E-state index is 12.4. The zero-order valence-electron chi connectivity index (χ0n) is 14.3. The molecule has 0 bridgehead atoms. The van der Waals surface area contributed by atoms with Gasteiger partial charge in [0.25, 0.3) is 0 Å². The van der Waals surface area contributed by atoms with Gasteiger partial charge >= 0.3 is 0 Å². The number of pyridine rings is 1. The Hall–Kier alpha value is -2.95. The van der Waals surface area contributed by atoms with Crippen molar-refractivity contribution >= 4 is 11.6 Å². The molecule has 5 heteroatoms. The lowest BCUT2D eigenvalue weighted by Gasteiger charge is -2.08. The van der Waals surface area contributed by atoms with Crippen molar-refractivity contribution in [2.75, 3.05) is 5.32 Å². The van der Waals surface area contributed by atoms with E-state index in [0.717, 1.165) is 29.2 Å². The Balaban J connectivity index is 1.42. The molecule has 2 atom stereocenters. The first-order chi connectivity index (χ1) is 12.1. The van der Waals surface area contributed by atoms with Crippen LogP contribution in [0.25, 0.3) is 5.69 Å². The Labute approximate surface area is 146 Å². The summed E-state index contributed by atoms with van der Waals surface area (Å²) in [5.74, 6) is 0.462. The van der Waals surface area contributed by atoms with Crippen LogP contribution in [0.1, 0.15) is 29.3 Å². The van der Waals surface area contributed by atoms with Gasteiger partial charge < -0.3 is 9.88 Å². The molecule has 1 N–H and O–H groups in total. The number of aromatic nitrogens is 3. The molecule has 0 unspecified atom stereocenters. The zero-order chi connectivity index (χ0) is 17.4. The number of aryl methyl sites for hydroxylation is 1. The van der Waals surface area contributed by atoms with Crippen LogP contribution >= 0.6 is 0 Å². The molecule has 1 aromatic carbocycles. The van der Waals surface area contributed by atoms with Crippen LogP contribution in [0, 0.1) is 19.8 Å². The highest BCUT2D eigenvalue weighted by Gasteiger charge is 2.43. The predicted octanol–water partition coefficient (Wildman–Crippen LogP) is 3.63. The lowest BCUT2D eigenvalue weighted by Crippen LogP contribution is -2.14. The number of anilines is 1. The van der Waals surface area contributed by atoms with Gasteiger partial charge in [0.15, 0.2) is 0 Å². The molecule has 1 aliphatic rings. The van der Waals surface area contributed by atoms with Crippen molar-refractivity contribution in [1.29, 1.82) is 0 Å². The number of carbonyl (C=O) groups is 1. The summed E-state index contributed by atoms with van der Waals surface area (Å²) in [6, 6.07) is 11.8. The minimum atomic E-state index is 0.0561. The normalized spacial score (nSPS) is 18.8. The van der Waals surface area contributed by atoms with Crippen molar-refractivity contribution in [3.8, 4) is 5.69 Å². The molecule has 1 aliphatic carbocycles. The van der Waals surface area contributed by atoms with E-state index in [1.54, 1.807) is 12.4 Å². The molecule has 0 saturated heterocycles. The molecule has 2 heterocycles. The zero-order valence-corrected chi connectivity index (χ0v) is 14.3. The van der Waals surface area contributed by atoms with E-state index in [-0.39, 0.29) is 11.8 Å². The largest absolute Gasteiger partial charge is 0.326 e. The summed E-state index contributed by atoms with van der Waals surface area (Å²) in [6.45, 7) is 4.04. The van der Waals surface area contributed by atoms with Gasteiger partial charge in [-0.2, -0.15) is 0 Å². The van der Waals surface area contributed by atoms with E-state index in [2.05, 4.69) is 15.3 Å². The number of imidazole rings is 1. The highest BCUT2D eigenvalue weighted by atomic mass is 16.2. The quantitative estimate of drug-likeness (QED) is 0.794. The number of amides is 1. The fourth-order valence-corrected chi connectivity index (χ4v) is 3.16. The first-order valence-electron chi connectivity index (χ1n) is 8.45. The van der Waals surface area contributed by atoms with E-state index in [9.17, 15) is 4.79 Å². The third kappa shape index (κ3) is 3.05. The average Bonchev–Trinajstić information content (AvgIpc) is 3.38. The summed E-state index contributed by atoms with van der Waals surface area (Å²) in [4.78, 5) is 20.8. The molecule has 4 rings (SSSR count). The van der Waals surface area contributed by atoms with E-state index >= 15 is 0 Å². The predicted molar refractivity (Wildman–Crippen MR) is 96.8 cm³/mol. The molecular weight excluding hydrogens is 312 g/mol. The van der Waals surface area contributed by atoms with E-state index in [0.29, 0.717) is 5.92 Å². The van der Waals surface area contributed by atoms with Crippen LogP contribution in [-0.2, 0) is 4.79 Å². The van der Waals surface area contributed by atoms with Crippen LogP contribution in [0.5, 0.6) is 0 Å². The highest BCUT2D eigenvalue weighted by Crippen LogP contribution is 2.47. The minimum Gasteiger partial charge on any atom is -0.326 e. The van der Waals surface area contributed by atoms with E-state index in [1.807, 2.05) is 61.1 Å². The summed E-state index contributed by atoms with van der Waals surface area (Å²) in [7, 11) is 0. The molecule has 1 amide bonds. The number of rotatable bonds is 4. The lowest BCUT2D eigenvalue weighted by molar-refractivity contribution is -0.117. The molecule has 0 radical (unpaired) electrons. The van der Waals surface area contributed by atoms with Crippen LogP contribution in [-0.4, -0.2) is 20.4 Å². The second-order valence-electron chi connectivity index (χ2n) is 6.55. The van der Waals surface area contributed by atoms with Crippen LogP contribution in [0.3, 0.4) is 0 Å². The minimum absolute atomic E-state index is 0.0561. The van der Waals surface area contributed by atoms with Crippen LogP contribution < -0.4 is 5.32 Å². The number of benzene rings is 1. The molecule has 0 aliphatic heterocycles. The monoisotopic (exact) mass is 332 g/mol. The molecule has 25 heavy (non-hydrogen) atoms. The van der Waals surface area contributed by atoms with Gasteiger partial charge in [-0.3, -0.25) is 9.78 Å². The van der Waals surface area contributed by atoms with Crippen molar-refractivity contribution in [3.63, 3.8) is 0 Å². The number of hydrogen-bond acceptors (Lipinski definition) is 3. The summed E-state index contributed by atoms with van der Waals surface area (Å²) in [6.07, 6.45) is 6.28. The number of nitrogens with zero attached hydrogens (tertiary/aromatic N) is 3. The van der Waals surface area contributed by atoms with Crippen molar-refractivity contribution in [2.45, 2.75) is 26.2 Å². The first-order valence-corrected chi connectivity index (χ1v) is 8.45. The molecule has 1 saturated carbocycles. The van der Waals surface area contributed by atoms with Crippen LogP contribution in [0.2, 0.25) is 0 Å². The van der Waals surface area contributed by atoms with Crippen molar-refractivity contribution < 1.29 is 4.79 Å². The Morgan fingerprint density at radius 2 is 1.84 bits per heavy atom. The molecule has 5 nitrogen and oxygen atoms in total. The third-order valence-electron chi connectivity index (χ3n) is 4.93. The Morgan fingerprint density at radius 3 is 2.48 bits per heavy atom. The van der Waals surface area contributed by atoms with Crippen LogP contribution in [0.4, 0.5) is 5.69 Å². The molecule has 126 valence electrons. The van der Waals surface area contributed by atoms with Crippen molar-refractivity contribution in [3.05, 3.63) is 72.1 Å². The topological polar surface area (TPSA) is 59.8 Å². The number of carbonyl (C=O) groups excluding carboxylic acids is 1. The highest BCUT2D eigenvalue weighted by molar-refractivity contribution is 5.95. The average molecular weight is 332 g/mol. The Kier molecular flexibility index (Phi) is 3.84. The molecular formula is C20H20N4O. The fourth-order valence-electron chi connectivity index (χ4n) is 3.16. The van der Waals surface area contributed by atoms with Crippen molar-refractivity contribution in [2.24, 2.45) is 5.92 Å². The van der Waals surface area contributed by atoms with Crippen LogP contribution in [0.15, 0.2) is 55.1 Å². The standard InChI is InChI=1S/C20H20N4O/c1-13-14(2)24(12-22-13)17-5-3-16(4-6-17)23-20(25)19-11-18(19)15-7-9-21-10-8-15/h3-10,12,18-19H,11H2,1-2H3,(H,23,25)/t18-,19+/m1/s1. The SMILES string of the molecule is Cc1ncn(-c2ccc(NC(=O)[C@H]3C[C@@H]3c3ccncc3)cc2)c1C. The summed E-state index contributed by atoms with van der Waals surface area (Å²) in [5.41, 5.74) is 5.19. The lowest BCUT2D eigenvalue weighted by atomic mass is 10.1. The molecule has 2 aromatic heterocycles. The Bertz CT molecular complexity index is 899. The van der Waals surface area contributed by atoms with Gasteiger partial charge in [0, 0.05) is 35.4 Å². The van der Waals surface area contributed by atoms with Gasteiger partial charge in [-0.25, -0.2) is 4.98 Å². The first kappa shape index (κ1) is 15.6. The fraction of sp³-hybridized carbons (Fsp3) is 0.250. The van der Waals surface area contributed by atoms with Gasteiger partial charge in [0.2, 0.25) is 5.91 Å². The van der Waals surface area contributed by atoms with Gasteiger partial charge in [0.05, 0.1) is 12.0 Å². The van der Waals surface area contributed by atoms with Gasteiger partial charge in [-0.1, -0.05) is 0 Å². The molecule has 3 aromatic rings. The summed E-state index contributed by atoms with van der Waals surface area (Å²) < 4.78 is 2.04. The van der Waals surface area contributed by atoms with Crippen molar-refractivity contribution in [1.82, 2.24) is 14.5 Å². The van der Waals surface area contributed by atoms with E-state index in [4.69, 9.17) is 0 Å². The number of nitrogens with one attached hydrogen (secondary N) is 1. The summed E-state index contributed by atoms with van der Waals surface area (Å²) >= 11 is 0. The molecule has 1 fully saturated rings. The smallest absolute Gasteiger partial charge is 0.228 e. The maximum Gasteiger partial charge on any atom is 0.228 e.